The summed E-state index contributed by atoms with van der Waals surface area (Å²) in [6, 6.07) is 0.399. The van der Waals surface area contributed by atoms with Crippen LogP contribution in [0, 0.1) is 5.92 Å². The van der Waals surface area contributed by atoms with Crippen LogP contribution >= 0.6 is 11.6 Å². The summed E-state index contributed by atoms with van der Waals surface area (Å²) in [5.74, 6) is 0.974. The van der Waals surface area contributed by atoms with Crippen molar-refractivity contribution in [3.63, 3.8) is 0 Å². The van der Waals surface area contributed by atoms with Crippen molar-refractivity contribution < 1.29 is 0 Å². The van der Waals surface area contributed by atoms with Crippen molar-refractivity contribution >= 4 is 17.4 Å². The highest BCUT2D eigenvalue weighted by Crippen LogP contribution is 2.17. The van der Waals surface area contributed by atoms with E-state index < -0.39 is 0 Å². The Morgan fingerprint density at radius 2 is 2.05 bits per heavy atom. The Hall–Kier alpha value is -1.11. The van der Waals surface area contributed by atoms with Crippen LogP contribution in [0.25, 0.3) is 0 Å². The van der Waals surface area contributed by atoms with E-state index >= 15 is 0 Å². The minimum atomic E-state index is -0.310. The molecule has 0 aromatic carbocycles. The fourth-order valence-electron chi connectivity index (χ4n) is 2.65. The topological polar surface area (TPSA) is 64.3 Å². The Kier molecular flexibility index (Phi) is 5.61. The first-order valence-corrected chi connectivity index (χ1v) is 7.76. The molecule has 118 valence electrons. The van der Waals surface area contributed by atoms with E-state index in [0.717, 1.165) is 32.7 Å². The molecule has 1 fully saturated rings. The number of H-pyrrole nitrogens is 1. The maximum Gasteiger partial charge on any atom is 0.271 e. The molecule has 6 nitrogen and oxygen atoms in total. The van der Waals surface area contributed by atoms with E-state index in [4.69, 9.17) is 11.6 Å². The number of rotatable bonds is 5. The van der Waals surface area contributed by atoms with Crippen molar-refractivity contribution in [1.82, 2.24) is 19.8 Å². The first-order chi connectivity index (χ1) is 9.99. The highest BCUT2D eigenvalue weighted by atomic mass is 35.5. The molecule has 1 aromatic rings. The van der Waals surface area contributed by atoms with Gasteiger partial charge in [0.05, 0.1) is 6.33 Å². The van der Waals surface area contributed by atoms with Gasteiger partial charge < -0.3 is 15.2 Å². The summed E-state index contributed by atoms with van der Waals surface area (Å²) in [5, 5.41) is 3.35. The van der Waals surface area contributed by atoms with E-state index in [1.165, 1.54) is 6.33 Å². The maximum absolute atomic E-state index is 11.5. The SMILES string of the molecule is CC(C)C(CNc1nc[nH]c(=O)c1Cl)N1CCN(C)CC1. The van der Waals surface area contributed by atoms with Crippen molar-refractivity contribution in [2.24, 2.45) is 5.92 Å². The molecule has 0 saturated carbocycles. The van der Waals surface area contributed by atoms with Crippen LogP contribution in [0.1, 0.15) is 13.8 Å². The van der Waals surface area contributed by atoms with Gasteiger partial charge in [-0.25, -0.2) is 4.98 Å². The zero-order valence-corrected chi connectivity index (χ0v) is 13.7. The van der Waals surface area contributed by atoms with Crippen LogP contribution in [-0.4, -0.2) is 65.6 Å². The van der Waals surface area contributed by atoms with Crippen LogP contribution in [0.3, 0.4) is 0 Å². The largest absolute Gasteiger partial charge is 0.367 e. The standard InChI is InChI=1S/C14H24ClN5O/c1-10(2)11(20-6-4-19(3)5-7-20)8-16-13-12(15)14(21)18-9-17-13/h9-11H,4-8H2,1-3H3,(H2,16,17,18,21). The van der Waals surface area contributed by atoms with Crippen LogP contribution in [0.4, 0.5) is 5.82 Å². The van der Waals surface area contributed by atoms with Crippen molar-refractivity contribution in [2.45, 2.75) is 19.9 Å². The number of aromatic amines is 1. The molecule has 1 aliphatic rings. The average Bonchev–Trinajstić information content (AvgIpc) is 2.45. The molecule has 21 heavy (non-hydrogen) atoms. The molecule has 0 radical (unpaired) electrons. The third kappa shape index (κ3) is 4.18. The number of aromatic nitrogens is 2. The van der Waals surface area contributed by atoms with Crippen LogP contribution in [0.2, 0.25) is 5.02 Å². The van der Waals surface area contributed by atoms with Gasteiger partial charge in [0.25, 0.3) is 5.56 Å². The molecule has 2 rings (SSSR count). The zero-order valence-electron chi connectivity index (χ0n) is 12.9. The average molecular weight is 314 g/mol. The molecule has 1 saturated heterocycles. The summed E-state index contributed by atoms with van der Waals surface area (Å²) in [6.07, 6.45) is 1.37. The third-order valence-corrected chi connectivity index (χ3v) is 4.40. The Balaban J connectivity index is 2.00. The minimum Gasteiger partial charge on any atom is -0.367 e. The van der Waals surface area contributed by atoms with Gasteiger partial charge >= 0.3 is 0 Å². The van der Waals surface area contributed by atoms with Crippen LogP contribution in [0.15, 0.2) is 11.1 Å². The number of likely N-dealkylation sites (N-methyl/N-ethyl adjacent to an activating group) is 1. The third-order valence-electron chi connectivity index (χ3n) is 4.05. The van der Waals surface area contributed by atoms with E-state index in [1.807, 2.05) is 0 Å². The van der Waals surface area contributed by atoms with Gasteiger partial charge in [-0.15, -0.1) is 0 Å². The number of hydrogen-bond acceptors (Lipinski definition) is 5. The fourth-order valence-corrected chi connectivity index (χ4v) is 2.82. The van der Waals surface area contributed by atoms with Gasteiger partial charge in [-0.3, -0.25) is 9.69 Å². The summed E-state index contributed by atoms with van der Waals surface area (Å²) in [7, 11) is 2.15. The predicted molar refractivity (Wildman–Crippen MR) is 86.1 cm³/mol. The summed E-state index contributed by atoms with van der Waals surface area (Å²) in [5.41, 5.74) is -0.310. The van der Waals surface area contributed by atoms with Gasteiger partial charge in [0.15, 0.2) is 5.82 Å². The predicted octanol–water partition coefficient (Wildman–Crippen LogP) is 1.11. The van der Waals surface area contributed by atoms with Crippen molar-refractivity contribution in [1.29, 1.82) is 0 Å². The molecule has 2 N–H and O–H groups in total. The Bertz CT molecular complexity index is 510. The van der Waals surface area contributed by atoms with Crippen LogP contribution in [0.5, 0.6) is 0 Å². The number of hydrogen-bond donors (Lipinski definition) is 2. The van der Waals surface area contributed by atoms with E-state index in [0.29, 0.717) is 17.8 Å². The Morgan fingerprint density at radius 3 is 2.67 bits per heavy atom. The molecule has 1 aliphatic heterocycles. The van der Waals surface area contributed by atoms with Gasteiger partial charge in [0.2, 0.25) is 0 Å². The van der Waals surface area contributed by atoms with Crippen LogP contribution < -0.4 is 10.9 Å². The fraction of sp³-hybridized carbons (Fsp3) is 0.714. The van der Waals surface area contributed by atoms with E-state index in [2.05, 4.69) is 46.0 Å². The summed E-state index contributed by atoms with van der Waals surface area (Å²) >= 11 is 5.97. The first kappa shape index (κ1) is 16.3. The lowest BCUT2D eigenvalue weighted by atomic mass is 10.0. The van der Waals surface area contributed by atoms with E-state index in [9.17, 15) is 4.79 Å². The molecule has 7 heteroatoms. The summed E-state index contributed by atoms with van der Waals surface area (Å²) in [4.78, 5) is 22.9. The second-order valence-electron chi connectivity index (χ2n) is 5.93. The Labute approximate surface area is 130 Å². The second-order valence-corrected chi connectivity index (χ2v) is 6.30. The summed E-state index contributed by atoms with van der Waals surface area (Å²) in [6.45, 7) is 9.49. The van der Waals surface area contributed by atoms with Gasteiger partial charge in [-0.1, -0.05) is 25.4 Å². The molecule has 1 aromatic heterocycles. The number of anilines is 1. The molecule has 2 heterocycles. The van der Waals surface area contributed by atoms with E-state index in [1.54, 1.807) is 0 Å². The maximum atomic E-state index is 11.5. The molecule has 0 aliphatic carbocycles. The van der Waals surface area contributed by atoms with Gasteiger partial charge in [0.1, 0.15) is 5.02 Å². The zero-order chi connectivity index (χ0) is 15.4. The van der Waals surface area contributed by atoms with E-state index in [-0.39, 0.29) is 10.6 Å². The second kappa shape index (κ2) is 7.24. The molecular weight excluding hydrogens is 290 g/mol. The highest BCUT2D eigenvalue weighted by Gasteiger charge is 2.25. The molecule has 0 bridgehead atoms. The Morgan fingerprint density at radius 1 is 1.38 bits per heavy atom. The van der Waals surface area contributed by atoms with Crippen molar-refractivity contribution in [3.05, 3.63) is 21.7 Å². The van der Waals surface area contributed by atoms with Gasteiger partial charge in [0, 0.05) is 38.8 Å². The quantitative estimate of drug-likeness (QED) is 0.852. The lowest BCUT2D eigenvalue weighted by Crippen LogP contribution is -2.52. The molecule has 0 amide bonds. The van der Waals surface area contributed by atoms with Crippen molar-refractivity contribution in [2.75, 3.05) is 45.1 Å². The molecule has 1 unspecified atom stereocenters. The number of halogens is 1. The number of nitrogens with one attached hydrogen (secondary N) is 2. The van der Waals surface area contributed by atoms with Crippen LogP contribution in [-0.2, 0) is 0 Å². The number of nitrogens with zero attached hydrogens (tertiary/aromatic N) is 3. The smallest absolute Gasteiger partial charge is 0.271 e. The van der Waals surface area contributed by atoms with Crippen molar-refractivity contribution in [3.8, 4) is 0 Å². The van der Waals surface area contributed by atoms with Gasteiger partial charge in [-0.05, 0) is 13.0 Å². The molecule has 0 spiro atoms. The normalized spacial score (nSPS) is 18.9. The van der Waals surface area contributed by atoms with Gasteiger partial charge in [-0.2, -0.15) is 0 Å². The minimum absolute atomic E-state index is 0.124. The lowest BCUT2D eigenvalue weighted by molar-refractivity contribution is 0.0944. The highest BCUT2D eigenvalue weighted by molar-refractivity contribution is 6.32. The first-order valence-electron chi connectivity index (χ1n) is 7.38. The molecule has 1 atom stereocenters. The lowest BCUT2D eigenvalue weighted by Gasteiger charge is -2.40. The summed E-state index contributed by atoms with van der Waals surface area (Å²) < 4.78 is 0. The number of piperazine rings is 1. The molecular formula is C14H24ClN5O. The monoisotopic (exact) mass is 313 g/mol.